The smallest absolute Gasteiger partial charge is 0.294 e. The monoisotopic (exact) mass is 403 g/mol. The number of rotatable bonds is 4. The summed E-state index contributed by atoms with van der Waals surface area (Å²) in [6.45, 7) is 3.95. The van der Waals surface area contributed by atoms with E-state index < -0.39 is 17.9 Å². The van der Waals surface area contributed by atoms with Crippen molar-refractivity contribution in [3.05, 3.63) is 77.7 Å². The molecular weight excluding hydrogens is 382 g/mol. The van der Waals surface area contributed by atoms with E-state index >= 15 is 0 Å². The number of anilines is 3. The number of benzene rings is 2. The highest BCUT2D eigenvalue weighted by Gasteiger charge is 2.39. The zero-order valence-corrected chi connectivity index (χ0v) is 16.6. The van der Waals surface area contributed by atoms with Crippen LogP contribution in [-0.4, -0.2) is 23.8 Å². The molecule has 3 aromatic rings. The van der Waals surface area contributed by atoms with E-state index in [1.807, 2.05) is 32.0 Å². The minimum Gasteiger partial charge on any atom is -0.459 e. The summed E-state index contributed by atoms with van der Waals surface area (Å²) in [5.41, 5.74) is 3.83. The van der Waals surface area contributed by atoms with Crippen LogP contribution in [0, 0.1) is 13.8 Å². The van der Waals surface area contributed by atoms with Crippen LogP contribution in [0.3, 0.4) is 0 Å². The van der Waals surface area contributed by atoms with Gasteiger partial charge < -0.3 is 15.1 Å². The van der Waals surface area contributed by atoms with Crippen molar-refractivity contribution < 1.29 is 18.8 Å². The predicted molar refractivity (Wildman–Crippen MR) is 114 cm³/mol. The lowest BCUT2D eigenvalue weighted by Gasteiger charge is -2.35. The van der Waals surface area contributed by atoms with Crippen molar-refractivity contribution in [2.75, 3.05) is 15.5 Å². The van der Waals surface area contributed by atoms with E-state index in [1.54, 1.807) is 30.3 Å². The first-order valence-corrected chi connectivity index (χ1v) is 9.58. The molecule has 3 amide bonds. The molecule has 1 aliphatic rings. The van der Waals surface area contributed by atoms with Crippen LogP contribution in [0.25, 0.3) is 0 Å². The molecule has 7 heteroatoms. The van der Waals surface area contributed by atoms with Crippen molar-refractivity contribution in [2.24, 2.45) is 0 Å². The van der Waals surface area contributed by atoms with Gasteiger partial charge in [-0.2, -0.15) is 0 Å². The van der Waals surface area contributed by atoms with Gasteiger partial charge >= 0.3 is 0 Å². The van der Waals surface area contributed by atoms with Crippen molar-refractivity contribution in [3.8, 4) is 0 Å². The standard InChI is InChI=1S/C23H21N3O4/c1-14-9-10-16(12-15(14)2)24-21(27)13-19-22(28)25-17-6-3-4-7-18(17)26(19)23(29)20-8-5-11-30-20/h3-12,19H,13H2,1-2H3,(H,24,27)(H,25,28). The van der Waals surface area contributed by atoms with Crippen molar-refractivity contribution in [3.63, 3.8) is 0 Å². The summed E-state index contributed by atoms with van der Waals surface area (Å²) in [6, 6.07) is 14.7. The van der Waals surface area contributed by atoms with Gasteiger partial charge in [0.15, 0.2) is 5.76 Å². The fraction of sp³-hybridized carbons (Fsp3) is 0.174. The lowest BCUT2D eigenvalue weighted by molar-refractivity contribution is -0.122. The Bertz CT molecular complexity index is 1120. The summed E-state index contributed by atoms with van der Waals surface area (Å²) in [5.74, 6) is -1.18. The minimum atomic E-state index is -1.01. The highest BCUT2D eigenvalue weighted by molar-refractivity contribution is 6.17. The topological polar surface area (TPSA) is 91.7 Å². The Labute approximate surface area is 173 Å². The molecule has 0 fully saturated rings. The highest BCUT2D eigenvalue weighted by Crippen LogP contribution is 2.34. The summed E-state index contributed by atoms with van der Waals surface area (Å²) in [6.07, 6.45) is 1.20. The maximum atomic E-state index is 13.1. The molecule has 2 heterocycles. The summed E-state index contributed by atoms with van der Waals surface area (Å²) in [5, 5.41) is 5.60. The lowest BCUT2D eigenvalue weighted by Crippen LogP contribution is -2.52. The van der Waals surface area contributed by atoms with Gasteiger partial charge in [0.05, 0.1) is 24.1 Å². The quantitative estimate of drug-likeness (QED) is 0.691. The number of para-hydroxylation sites is 2. The van der Waals surface area contributed by atoms with Crippen molar-refractivity contribution >= 4 is 34.8 Å². The maximum absolute atomic E-state index is 13.1. The van der Waals surface area contributed by atoms with Gasteiger partial charge in [0.2, 0.25) is 11.8 Å². The Hall–Kier alpha value is -3.87. The average Bonchev–Trinajstić information content (AvgIpc) is 3.26. The normalized spacial score (nSPS) is 15.3. The molecule has 1 unspecified atom stereocenters. The zero-order valence-electron chi connectivity index (χ0n) is 16.6. The number of carbonyl (C=O) groups excluding carboxylic acids is 3. The van der Waals surface area contributed by atoms with Crippen LogP contribution in [0.4, 0.5) is 17.1 Å². The zero-order chi connectivity index (χ0) is 21.3. The second-order valence-electron chi connectivity index (χ2n) is 7.23. The van der Waals surface area contributed by atoms with E-state index in [0.717, 1.165) is 11.1 Å². The molecular formula is C23H21N3O4. The van der Waals surface area contributed by atoms with E-state index in [-0.39, 0.29) is 18.1 Å². The molecule has 2 aromatic carbocycles. The third-order valence-electron chi connectivity index (χ3n) is 5.16. The van der Waals surface area contributed by atoms with Gasteiger partial charge in [0.25, 0.3) is 5.91 Å². The molecule has 0 saturated carbocycles. The molecule has 0 saturated heterocycles. The number of amides is 3. The average molecular weight is 403 g/mol. The first kappa shape index (κ1) is 19.4. The first-order valence-electron chi connectivity index (χ1n) is 9.58. The van der Waals surface area contributed by atoms with Crippen LogP contribution in [0.1, 0.15) is 28.1 Å². The van der Waals surface area contributed by atoms with Gasteiger partial charge in [0.1, 0.15) is 6.04 Å². The third-order valence-corrected chi connectivity index (χ3v) is 5.16. The molecule has 0 aliphatic carbocycles. The number of nitrogens with zero attached hydrogens (tertiary/aromatic N) is 1. The van der Waals surface area contributed by atoms with Crippen LogP contribution in [0.2, 0.25) is 0 Å². The summed E-state index contributed by atoms with van der Waals surface area (Å²) in [4.78, 5) is 40.0. The van der Waals surface area contributed by atoms with Crippen LogP contribution < -0.4 is 15.5 Å². The molecule has 0 bridgehead atoms. The SMILES string of the molecule is Cc1ccc(NC(=O)CC2C(=O)Nc3ccccc3N2C(=O)c2ccco2)cc1C. The Morgan fingerprint density at radius 3 is 2.60 bits per heavy atom. The summed E-state index contributed by atoms with van der Waals surface area (Å²) < 4.78 is 5.25. The largest absolute Gasteiger partial charge is 0.459 e. The third kappa shape index (κ3) is 3.69. The van der Waals surface area contributed by atoms with E-state index in [0.29, 0.717) is 17.1 Å². The van der Waals surface area contributed by atoms with Crippen LogP contribution >= 0.6 is 0 Å². The number of nitrogens with one attached hydrogen (secondary N) is 2. The van der Waals surface area contributed by atoms with Crippen molar-refractivity contribution in [1.82, 2.24) is 0 Å². The minimum absolute atomic E-state index is 0.0964. The number of hydrogen-bond acceptors (Lipinski definition) is 4. The molecule has 7 nitrogen and oxygen atoms in total. The Morgan fingerprint density at radius 2 is 1.87 bits per heavy atom. The van der Waals surface area contributed by atoms with E-state index in [4.69, 9.17) is 4.42 Å². The van der Waals surface area contributed by atoms with Gasteiger partial charge in [-0.05, 0) is 61.4 Å². The molecule has 1 aromatic heterocycles. The van der Waals surface area contributed by atoms with Crippen molar-refractivity contribution in [2.45, 2.75) is 26.3 Å². The van der Waals surface area contributed by atoms with Crippen LogP contribution in [-0.2, 0) is 9.59 Å². The fourth-order valence-corrected chi connectivity index (χ4v) is 3.45. The van der Waals surface area contributed by atoms with Gasteiger partial charge in [-0.25, -0.2) is 0 Å². The molecule has 1 aliphatic heterocycles. The van der Waals surface area contributed by atoms with Gasteiger partial charge in [0, 0.05) is 5.69 Å². The molecule has 2 N–H and O–H groups in total. The number of aryl methyl sites for hydroxylation is 2. The van der Waals surface area contributed by atoms with E-state index in [1.165, 1.54) is 17.2 Å². The summed E-state index contributed by atoms with van der Waals surface area (Å²) in [7, 11) is 0. The van der Waals surface area contributed by atoms with Crippen LogP contribution in [0.15, 0.2) is 65.3 Å². The Morgan fingerprint density at radius 1 is 1.07 bits per heavy atom. The molecule has 152 valence electrons. The molecule has 30 heavy (non-hydrogen) atoms. The number of carbonyl (C=O) groups is 3. The van der Waals surface area contributed by atoms with Gasteiger partial charge in [-0.3, -0.25) is 19.3 Å². The lowest BCUT2D eigenvalue weighted by atomic mass is 10.0. The van der Waals surface area contributed by atoms with E-state index in [9.17, 15) is 14.4 Å². The van der Waals surface area contributed by atoms with Crippen LogP contribution in [0.5, 0.6) is 0 Å². The van der Waals surface area contributed by atoms with Crippen molar-refractivity contribution in [1.29, 1.82) is 0 Å². The second-order valence-corrected chi connectivity index (χ2v) is 7.23. The Kier molecular flexibility index (Phi) is 5.10. The van der Waals surface area contributed by atoms with Gasteiger partial charge in [-0.1, -0.05) is 18.2 Å². The molecule has 0 spiro atoms. The fourth-order valence-electron chi connectivity index (χ4n) is 3.45. The maximum Gasteiger partial charge on any atom is 0.294 e. The number of furan rings is 1. The highest BCUT2D eigenvalue weighted by atomic mass is 16.3. The Balaban J connectivity index is 1.62. The first-order chi connectivity index (χ1) is 14.4. The molecule has 4 rings (SSSR count). The molecule has 1 atom stereocenters. The second kappa shape index (κ2) is 7.87. The predicted octanol–water partition coefficient (Wildman–Crippen LogP) is 3.89. The summed E-state index contributed by atoms with van der Waals surface area (Å²) >= 11 is 0. The number of hydrogen-bond donors (Lipinski definition) is 2. The number of fused-ring (bicyclic) bond motifs is 1. The molecule has 0 radical (unpaired) electrons. The van der Waals surface area contributed by atoms with E-state index in [2.05, 4.69) is 10.6 Å². The van der Waals surface area contributed by atoms with Gasteiger partial charge in [-0.15, -0.1) is 0 Å².